The number of amidine groups is 1. The first kappa shape index (κ1) is 25.3. The van der Waals surface area contributed by atoms with E-state index in [1.807, 2.05) is 6.92 Å². The summed E-state index contributed by atoms with van der Waals surface area (Å²) >= 11 is 0. The van der Waals surface area contributed by atoms with Crippen LogP contribution in [0.3, 0.4) is 0 Å². The highest BCUT2D eigenvalue weighted by Crippen LogP contribution is 2.16. The van der Waals surface area contributed by atoms with Gasteiger partial charge >= 0.3 is 11.9 Å². The summed E-state index contributed by atoms with van der Waals surface area (Å²) in [6.07, 6.45) is 1.87. The van der Waals surface area contributed by atoms with Crippen molar-refractivity contribution < 1.29 is 23.9 Å². The first-order valence-corrected chi connectivity index (χ1v) is 10.6. The molecular weight excluding hydrogens is 422 g/mol. The molecule has 174 valence electrons. The molecule has 33 heavy (non-hydrogen) atoms. The molecule has 0 radical (unpaired) electrons. The molecule has 0 saturated heterocycles. The Morgan fingerprint density at radius 1 is 1.00 bits per heavy atom. The zero-order chi connectivity index (χ0) is 24.4. The number of nitrogens with one attached hydrogen (secondary N) is 1. The van der Waals surface area contributed by atoms with Gasteiger partial charge in [0.1, 0.15) is 11.6 Å². The predicted octanol–water partition coefficient (Wildman–Crippen LogP) is 3.39. The SMILES string of the molecule is CCOC(=O)CCN(CC)C(=O)/C(C)=C/c1ccc(C(=O)Oc2ccc(C(=N)N)cc2)cc1. The van der Waals surface area contributed by atoms with E-state index in [2.05, 4.69) is 0 Å². The second-order valence-corrected chi connectivity index (χ2v) is 7.22. The van der Waals surface area contributed by atoms with E-state index >= 15 is 0 Å². The summed E-state index contributed by atoms with van der Waals surface area (Å²) in [4.78, 5) is 38.2. The van der Waals surface area contributed by atoms with Gasteiger partial charge in [-0.1, -0.05) is 12.1 Å². The lowest BCUT2D eigenvalue weighted by Crippen LogP contribution is -2.33. The molecular formula is C25H29N3O5. The maximum atomic E-state index is 12.7. The summed E-state index contributed by atoms with van der Waals surface area (Å²) in [5, 5.41) is 7.39. The first-order chi connectivity index (χ1) is 15.7. The van der Waals surface area contributed by atoms with Gasteiger partial charge in [-0.3, -0.25) is 15.0 Å². The van der Waals surface area contributed by atoms with E-state index in [9.17, 15) is 14.4 Å². The number of nitrogen functional groups attached to an aromatic ring is 1. The largest absolute Gasteiger partial charge is 0.466 e. The molecule has 2 aromatic carbocycles. The smallest absolute Gasteiger partial charge is 0.343 e. The van der Waals surface area contributed by atoms with Crippen LogP contribution in [0.5, 0.6) is 5.75 Å². The van der Waals surface area contributed by atoms with Crippen LogP contribution in [0.15, 0.2) is 54.1 Å². The number of nitrogens with zero attached hydrogens (tertiary/aromatic N) is 1. The van der Waals surface area contributed by atoms with Crippen molar-refractivity contribution in [2.45, 2.75) is 27.2 Å². The van der Waals surface area contributed by atoms with Gasteiger partial charge in [0, 0.05) is 24.2 Å². The average Bonchev–Trinajstić information content (AvgIpc) is 2.80. The van der Waals surface area contributed by atoms with Crippen LogP contribution >= 0.6 is 0 Å². The Morgan fingerprint density at radius 3 is 2.15 bits per heavy atom. The van der Waals surface area contributed by atoms with Crippen molar-refractivity contribution in [1.82, 2.24) is 4.90 Å². The number of carbonyl (C=O) groups excluding carboxylic acids is 3. The molecule has 0 aliphatic carbocycles. The first-order valence-electron chi connectivity index (χ1n) is 10.6. The summed E-state index contributed by atoms with van der Waals surface area (Å²) < 4.78 is 10.3. The Kier molecular flexibility index (Phi) is 9.35. The third kappa shape index (κ3) is 7.60. The lowest BCUT2D eigenvalue weighted by Gasteiger charge is -2.20. The van der Waals surface area contributed by atoms with Crippen molar-refractivity contribution in [3.63, 3.8) is 0 Å². The van der Waals surface area contributed by atoms with Gasteiger partial charge < -0.3 is 20.1 Å². The molecule has 0 aromatic heterocycles. The number of amides is 1. The summed E-state index contributed by atoms with van der Waals surface area (Å²) in [6.45, 7) is 6.38. The number of hydrogen-bond acceptors (Lipinski definition) is 6. The van der Waals surface area contributed by atoms with E-state index in [4.69, 9.17) is 20.6 Å². The van der Waals surface area contributed by atoms with Crippen molar-refractivity contribution in [1.29, 1.82) is 5.41 Å². The van der Waals surface area contributed by atoms with E-state index in [0.29, 0.717) is 35.6 Å². The highest BCUT2D eigenvalue weighted by molar-refractivity contribution is 5.98. The van der Waals surface area contributed by atoms with Gasteiger partial charge in [-0.2, -0.15) is 0 Å². The van der Waals surface area contributed by atoms with Gasteiger partial charge in [-0.15, -0.1) is 0 Å². The molecule has 0 spiro atoms. The predicted molar refractivity (Wildman–Crippen MR) is 126 cm³/mol. The molecule has 8 heteroatoms. The molecule has 0 aliphatic heterocycles. The van der Waals surface area contributed by atoms with Crippen LogP contribution in [-0.4, -0.2) is 48.3 Å². The highest BCUT2D eigenvalue weighted by atomic mass is 16.5. The number of benzene rings is 2. The minimum atomic E-state index is -0.523. The number of hydrogen-bond donors (Lipinski definition) is 2. The third-order valence-electron chi connectivity index (χ3n) is 4.80. The number of ether oxygens (including phenoxy) is 2. The lowest BCUT2D eigenvalue weighted by atomic mass is 10.1. The fourth-order valence-electron chi connectivity index (χ4n) is 3.01. The van der Waals surface area contributed by atoms with Gasteiger partial charge in [0.2, 0.25) is 5.91 Å². The Labute approximate surface area is 193 Å². The van der Waals surface area contributed by atoms with Crippen molar-refractivity contribution in [3.05, 3.63) is 70.8 Å². The summed E-state index contributed by atoms with van der Waals surface area (Å²) in [6, 6.07) is 13.0. The molecule has 0 aliphatic rings. The number of likely N-dealkylation sites (N-methyl/N-ethyl adjacent to an activating group) is 1. The quantitative estimate of drug-likeness (QED) is 0.188. The molecule has 1 amide bonds. The Morgan fingerprint density at radius 2 is 1.61 bits per heavy atom. The van der Waals surface area contributed by atoms with E-state index in [1.165, 1.54) is 0 Å². The van der Waals surface area contributed by atoms with Crippen LogP contribution < -0.4 is 10.5 Å². The fraction of sp³-hybridized carbons (Fsp3) is 0.280. The van der Waals surface area contributed by atoms with Crippen LogP contribution in [0.2, 0.25) is 0 Å². The lowest BCUT2D eigenvalue weighted by molar-refractivity contribution is -0.143. The monoisotopic (exact) mass is 451 g/mol. The van der Waals surface area contributed by atoms with Gasteiger partial charge in [-0.25, -0.2) is 4.79 Å². The third-order valence-corrected chi connectivity index (χ3v) is 4.80. The molecule has 0 unspecified atom stereocenters. The second kappa shape index (κ2) is 12.2. The van der Waals surface area contributed by atoms with E-state index in [1.54, 1.807) is 73.4 Å². The Bertz CT molecular complexity index is 1030. The topological polar surface area (TPSA) is 123 Å². The molecule has 2 rings (SSSR count). The van der Waals surface area contributed by atoms with E-state index < -0.39 is 5.97 Å². The molecule has 8 nitrogen and oxygen atoms in total. The molecule has 3 N–H and O–H groups in total. The van der Waals surface area contributed by atoms with Gasteiger partial charge in [0.15, 0.2) is 0 Å². The van der Waals surface area contributed by atoms with Crippen molar-refractivity contribution in [3.8, 4) is 5.75 Å². The second-order valence-electron chi connectivity index (χ2n) is 7.22. The molecule has 0 bridgehead atoms. The van der Waals surface area contributed by atoms with Crippen LogP contribution in [0.4, 0.5) is 0 Å². The molecule has 0 heterocycles. The normalized spacial score (nSPS) is 10.9. The molecule has 0 saturated carbocycles. The number of carbonyl (C=O) groups is 3. The zero-order valence-electron chi connectivity index (χ0n) is 19.1. The standard InChI is InChI=1S/C25H29N3O5/c1-4-28(15-14-22(29)32-5-2)24(30)17(3)16-18-6-8-20(9-7-18)25(31)33-21-12-10-19(11-13-21)23(26)27/h6-13,16H,4-5,14-15H2,1-3H3,(H3,26,27)/b17-16+. The minimum Gasteiger partial charge on any atom is -0.466 e. The molecule has 0 atom stereocenters. The van der Waals surface area contributed by atoms with Crippen molar-refractivity contribution >= 4 is 29.8 Å². The van der Waals surface area contributed by atoms with Crippen molar-refractivity contribution in [2.24, 2.45) is 5.73 Å². The fourth-order valence-corrected chi connectivity index (χ4v) is 3.01. The average molecular weight is 452 g/mol. The summed E-state index contributed by atoms with van der Waals surface area (Å²) in [7, 11) is 0. The number of esters is 2. The number of rotatable bonds is 10. The van der Waals surface area contributed by atoms with Gasteiger partial charge in [-0.05, 0) is 68.8 Å². The Hall–Kier alpha value is -3.94. The minimum absolute atomic E-state index is 0.0636. The van der Waals surface area contributed by atoms with Crippen LogP contribution in [0.25, 0.3) is 6.08 Å². The van der Waals surface area contributed by atoms with Crippen molar-refractivity contribution in [2.75, 3.05) is 19.7 Å². The zero-order valence-corrected chi connectivity index (χ0v) is 19.1. The highest BCUT2D eigenvalue weighted by Gasteiger charge is 2.16. The maximum Gasteiger partial charge on any atom is 0.343 e. The van der Waals surface area contributed by atoms with E-state index in [0.717, 1.165) is 5.56 Å². The molecule has 2 aromatic rings. The van der Waals surface area contributed by atoms with Crippen LogP contribution in [-0.2, 0) is 14.3 Å². The van der Waals surface area contributed by atoms with Gasteiger partial charge in [0.05, 0.1) is 18.6 Å². The summed E-state index contributed by atoms with van der Waals surface area (Å²) in [5.41, 5.74) is 7.58. The Balaban J connectivity index is 2.00. The van der Waals surface area contributed by atoms with Crippen LogP contribution in [0, 0.1) is 5.41 Å². The summed E-state index contributed by atoms with van der Waals surface area (Å²) in [5.74, 6) is -0.740. The number of nitrogens with two attached hydrogens (primary N) is 1. The maximum absolute atomic E-state index is 12.7. The van der Waals surface area contributed by atoms with E-state index in [-0.39, 0.29) is 30.7 Å². The van der Waals surface area contributed by atoms with Gasteiger partial charge in [0.25, 0.3) is 0 Å². The van der Waals surface area contributed by atoms with Crippen LogP contribution in [0.1, 0.15) is 48.7 Å². The molecule has 0 fully saturated rings.